The predicted molar refractivity (Wildman–Crippen MR) is 174 cm³/mol. The van der Waals surface area contributed by atoms with Gasteiger partial charge in [-0.05, 0) is 74.7 Å². The molecule has 13 nitrogen and oxygen atoms in total. The number of carbonyl (C=O) groups excluding carboxylic acids is 3. The van der Waals surface area contributed by atoms with Gasteiger partial charge >= 0.3 is 17.9 Å². The molecule has 2 N–H and O–H groups in total. The van der Waals surface area contributed by atoms with Crippen molar-refractivity contribution in [2.24, 2.45) is 16.1 Å². The van der Waals surface area contributed by atoms with Crippen molar-refractivity contribution >= 4 is 29.3 Å². The number of aliphatic hydroxyl groups is 1. The van der Waals surface area contributed by atoms with E-state index >= 15 is 0 Å². The summed E-state index contributed by atoms with van der Waals surface area (Å²) in [5.74, 6) is -2.45. The first-order chi connectivity index (χ1) is 22.9. The van der Waals surface area contributed by atoms with E-state index in [0.29, 0.717) is 5.69 Å². The summed E-state index contributed by atoms with van der Waals surface area (Å²) in [7, 11) is 0. The lowest BCUT2D eigenvalue weighted by atomic mass is 9.99. The maximum absolute atomic E-state index is 13.3. The van der Waals surface area contributed by atoms with Crippen molar-refractivity contribution in [3.63, 3.8) is 0 Å². The molecule has 3 aromatic rings. The van der Waals surface area contributed by atoms with Gasteiger partial charge in [-0.1, -0.05) is 39.7 Å². The van der Waals surface area contributed by atoms with E-state index in [0.717, 1.165) is 25.7 Å². The van der Waals surface area contributed by atoms with E-state index in [1.165, 1.54) is 66.9 Å². The molecule has 0 saturated carbocycles. The maximum Gasteiger partial charge on any atom is 0.343 e. The Morgan fingerprint density at radius 3 is 2.23 bits per heavy atom. The SMILES string of the molecule is C=C(C)C(=O)OCC(O)OC(=O)c1ccc(OC(=O)c2ccc(N=Nc3c(C)c(C#N)c(O)n(CC(CC)CCCC)c3=O)cc2)cc1. The summed E-state index contributed by atoms with van der Waals surface area (Å²) in [5.41, 5.74) is 0.219. The van der Waals surface area contributed by atoms with E-state index in [4.69, 9.17) is 14.2 Å². The number of hydrogen-bond donors (Lipinski definition) is 2. The molecule has 3 rings (SSSR count). The van der Waals surface area contributed by atoms with Crippen molar-refractivity contribution in [2.75, 3.05) is 6.61 Å². The van der Waals surface area contributed by atoms with Crippen LogP contribution in [-0.2, 0) is 20.8 Å². The van der Waals surface area contributed by atoms with Crippen LogP contribution < -0.4 is 10.3 Å². The number of hydrogen-bond acceptors (Lipinski definition) is 12. The van der Waals surface area contributed by atoms with Crippen LogP contribution in [0.1, 0.15) is 78.3 Å². The van der Waals surface area contributed by atoms with Gasteiger partial charge in [0.1, 0.15) is 17.4 Å². The quantitative estimate of drug-likeness (QED) is 0.0627. The largest absolute Gasteiger partial charge is 0.493 e. The summed E-state index contributed by atoms with van der Waals surface area (Å²) >= 11 is 0. The lowest BCUT2D eigenvalue weighted by Gasteiger charge is -2.19. The number of ether oxygens (including phenoxy) is 3. The maximum atomic E-state index is 13.3. The number of pyridine rings is 1. The first-order valence-electron chi connectivity index (χ1n) is 15.3. The third kappa shape index (κ3) is 9.70. The topological polar surface area (TPSA) is 190 Å². The van der Waals surface area contributed by atoms with Crippen LogP contribution >= 0.6 is 0 Å². The van der Waals surface area contributed by atoms with E-state index in [1.807, 2.05) is 13.0 Å². The van der Waals surface area contributed by atoms with Gasteiger partial charge in [0.25, 0.3) is 5.56 Å². The third-order valence-corrected chi connectivity index (χ3v) is 7.37. The molecule has 2 unspecified atom stereocenters. The van der Waals surface area contributed by atoms with E-state index in [9.17, 15) is 34.7 Å². The summed E-state index contributed by atoms with van der Waals surface area (Å²) in [5, 5.41) is 38.4. The van der Waals surface area contributed by atoms with Gasteiger partial charge in [-0.3, -0.25) is 9.36 Å². The van der Waals surface area contributed by atoms with Crippen molar-refractivity contribution in [1.82, 2.24) is 4.57 Å². The minimum Gasteiger partial charge on any atom is -0.493 e. The zero-order valence-electron chi connectivity index (χ0n) is 27.3. The zero-order valence-corrected chi connectivity index (χ0v) is 27.3. The van der Waals surface area contributed by atoms with Gasteiger partial charge in [-0.25, -0.2) is 14.4 Å². The number of azo groups is 1. The minimum absolute atomic E-state index is 0.0453. The molecule has 0 fully saturated rings. The lowest BCUT2D eigenvalue weighted by molar-refractivity contribution is -0.152. The Kier molecular flexibility index (Phi) is 13.3. The molecule has 252 valence electrons. The van der Waals surface area contributed by atoms with Gasteiger partial charge in [0, 0.05) is 17.7 Å². The summed E-state index contributed by atoms with van der Waals surface area (Å²) in [6.07, 6.45) is 1.98. The fourth-order valence-electron chi connectivity index (χ4n) is 4.49. The molecule has 0 aliphatic heterocycles. The van der Waals surface area contributed by atoms with Gasteiger partial charge in [0.15, 0.2) is 12.3 Å². The molecule has 2 atom stereocenters. The van der Waals surface area contributed by atoms with Crippen molar-refractivity contribution in [1.29, 1.82) is 5.26 Å². The Bertz CT molecular complexity index is 1770. The predicted octanol–water partition coefficient (Wildman–Crippen LogP) is 6.18. The van der Waals surface area contributed by atoms with Gasteiger partial charge in [-0.15, -0.1) is 5.11 Å². The van der Waals surface area contributed by atoms with E-state index in [-0.39, 0.29) is 57.6 Å². The second-order valence-electron chi connectivity index (χ2n) is 11.0. The molecule has 1 aromatic heterocycles. The molecule has 0 radical (unpaired) electrons. The highest BCUT2D eigenvalue weighted by Crippen LogP contribution is 2.28. The molecule has 1 heterocycles. The average molecular weight is 659 g/mol. The molecule has 0 saturated heterocycles. The Labute approximate surface area is 277 Å². The number of unbranched alkanes of at least 4 members (excludes halogenated alkanes) is 1. The number of esters is 3. The molecule has 2 aromatic carbocycles. The summed E-state index contributed by atoms with van der Waals surface area (Å²) in [4.78, 5) is 49.7. The fraction of sp³-hybridized carbons (Fsp3) is 0.343. The average Bonchev–Trinajstić information content (AvgIpc) is 3.07. The lowest BCUT2D eigenvalue weighted by Crippen LogP contribution is -2.25. The number of aliphatic hydroxyl groups excluding tert-OH is 1. The highest BCUT2D eigenvalue weighted by molar-refractivity contribution is 5.92. The zero-order chi connectivity index (χ0) is 35.4. The van der Waals surface area contributed by atoms with Crippen LogP contribution in [0.5, 0.6) is 11.6 Å². The monoisotopic (exact) mass is 658 g/mol. The van der Waals surface area contributed by atoms with Crippen LogP contribution in [0.3, 0.4) is 0 Å². The normalized spacial score (nSPS) is 12.2. The van der Waals surface area contributed by atoms with Gasteiger partial charge < -0.3 is 24.4 Å². The van der Waals surface area contributed by atoms with Crippen LogP contribution in [0.4, 0.5) is 11.4 Å². The molecule has 0 bridgehead atoms. The molecule has 13 heteroatoms. The number of aromatic nitrogens is 1. The first-order valence-corrected chi connectivity index (χ1v) is 15.3. The van der Waals surface area contributed by atoms with Gasteiger partial charge in [0.2, 0.25) is 12.2 Å². The second-order valence-corrected chi connectivity index (χ2v) is 11.0. The van der Waals surface area contributed by atoms with Crippen LogP contribution in [0.2, 0.25) is 0 Å². The highest BCUT2D eigenvalue weighted by Gasteiger charge is 2.21. The summed E-state index contributed by atoms with van der Waals surface area (Å²) in [6, 6.07) is 13.2. The molecule has 0 aliphatic carbocycles. The number of aromatic hydroxyl groups is 1. The molecule has 0 amide bonds. The van der Waals surface area contributed by atoms with E-state index in [2.05, 4.69) is 23.7 Å². The molecule has 48 heavy (non-hydrogen) atoms. The molecular weight excluding hydrogens is 620 g/mol. The van der Waals surface area contributed by atoms with Crippen molar-refractivity contribution in [3.8, 4) is 17.7 Å². The van der Waals surface area contributed by atoms with Gasteiger partial charge in [-0.2, -0.15) is 10.4 Å². The minimum atomic E-state index is -1.69. The van der Waals surface area contributed by atoms with E-state index < -0.39 is 36.4 Å². The second kappa shape index (κ2) is 17.3. The van der Waals surface area contributed by atoms with Crippen molar-refractivity contribution < 1.29 is 38.8 Å². The number of benzene rings is 2. The highest BCUT2D eigenvalue weighted by atomic mass is 16.7. The number of carbonyl (C=O) groups is 3. The van der Waals surface area contributed by atoms with Crippen LogP contribution in [0, 0.1) is 24.2 Å². The van der Waals surface area contributed by atoms with Crippen molar-refractivity contribution in [3.05, 3.63) is 93.3 Å². The smallest absolute Gasteiger partial charge is 0.343 e. The molecular formula is C35H38N4O9. The van der Waals surface area contributed by atoms with E-state index in [1.54, 1.807) is 0 Å². The standard InChI is InChI=1S/C35H38N4O9/c1-6-8-9-23(7-2)19-39-31(41)28(18-36)22(5)30(32(39)42)38-37-26-14-10-24(11-15-26)34(44)47-27-16-12-25(13-17-27)35(45)48-29(40)20-46-33(43)21(3)4/h10-17,23,29,40-41H,3,6-9,19-20H2,1-2,4-5H3. The Balaban J connectivity index is 1.68. The third-order valence-electron chi connectivity index (χ3n) is 7.37. The fourth-order valence-corrected chi connectivity index (χ4v) is 4.49. The first kappa shape index (κ1) is 36.9. The molecule has 0 aliphatic rings. The van der Waals surface area contributed by atoms with Crippen LogP contribution in [0.25, 0.3) is 0 Å². The number of nitriles is 1. The van der Waals surface area contributed by atoms with Crippen LogP contribution in [-0.4, -0.2) is 45.6 Å². The Hall–Kier alpha value is -5.61. The summed E-state index contributed by atoms with van der Waals surface area (Å²) < 4.78 is 16.1. The number of rotatable bonds is 15. The Morgan fingerprint density at radius 1 is 1.02 bits per heavy atom. The number of nitrogens with zero attached hydrogens (tertiary/aromatic N) is 4. The Morgan fingerprint density at radius 2 is 1.65 bits per heavy atom. The van der Waals surface area contributed by atoms with Gasteiger partial charge in [0.05, 0.1) is 16.8 Å². The molecule has 0 spiro atoms. The van der Waals surface area contributed by atoms with Crippen molar-refractivity contribution in [2.45, 2.75) is 66.2 Å². The van der Waals surface area contributed by atoms with Crippen LogP contribution in [0.15, 0.2) is 75.7 Å². The summed E-state index contributed by atoms with van der Waals surface area (Å²) in [6.45, 7) is 10.1.